The molecule has 1 unspecified atom stereocenters. The van der Waals surface area contributed by atoms with E-state index < -0.39 is 11.6 Å². The summed E-state index contributed by atoms with van der Waals surface area (Å²) in [4.78, 5) is 10.7. The minimum atomic E-state index is -0.802. The van der Waals surface area contributed by atoms with Crippen LogP contribution in [0.15, 0.2) is 17.1 Å². The van der Waals surface area contributed by atoms with Gasteiger partial charge in [-0.25, -0.2) is 8.78 Å². The molecule has 1 aromatic carbocycles. The van der Waals surface area contributed by atoms with Gasteiger partial charge in [0, 0.05) is 29.6 Å². The third-order valence-electron chi connectivity index (χ3n) is 5.71. The molecule has 0 saturated carbocycles. The van der Waals surface area contributed by atoms with Crippen LogP contribution in [0.25, 0.3) is 10.9 Å². The Labute approximate surface area is 147 Å². The maximum absolute atomic E-state index is 13.6. The van der Waals surface area contributed by atoms with Gasteiger partial charge in [-0.2, -0.15) is 0 Å². The van der Waals surface area contributed by atoms with Crippen molar-refractivity contribution in [2.24, 2.45) is 4.99 Å². The van der Waals surface area contributed by atoms with Crippen LogP contribution < -0.4 is 0 Å². The number of benzene rings is 1. The first-order valence-corrected chi connectivity index (χ1v) is 9.41. The quantitative estimate of drug-likeness (QED) is 0.876. The van der Waals surface area contributed by atoms with Gasteiger partial charge >= 0.3 is 0 Å². The number of aryl methyl sites for hydroxylation is 1. The average Bonchev–Trinajstić information content (AvgIpc) is 2.95. The van der Waals surface area contributed by atoms with Crippen LogP contribution in [0.3, 0.4) is 0 Å². The van der Waals surface area contributed by atoms with Crippen molar-refractivity contribution in [2.45, 2.75) is 51.5 Å². The highest BCUT2D eigenvalue weighted by atomic mass is 19.2. The number of piperidine rings is 1. The van der Waals surface area contributed by atoms with E-state index in [1.807, 2.05) is 0 Å². The summed E-state index contributed by atoms with van der Waals surface area (Å²) >= 11 is 0. The average molecular weight is 345 g/mol. The van der Waals surface area contributed by atoms with Crippen molar-refractivity contribution in [3.63, 3.8) is 0 Å². The Hall–Kier alpha value is -1.75. The van der Waals surface area contributed by atoms with E-state index >= 15 is 0 Å². The molecule has 1 saturated heterocycles. The molecule has 1 fully saturated rings. The molecular formula is C20H25F2N3. The fourth-order valence-corrected chi connectivity index (χ4v) is 4.27. The minimum Gasteiger partial charge on any atom is -0.353 e. The largest absolute Gasteiger partial charge is 0.353 e. The number of aliphatic imine (C=N–C) groups is 1. The standard InChI is InChI=1S/C20H25F2N3/c1-13-5-2-3-9-25(13)10-8-23-18-7-4-6-14-15-11-16(21)17(22)12-19(15)24-20(14)18/h11-13,24H,2-10H2,1H3. The Kier molecular flexibility index (Phi) is 4.59. The lowest BCUT2D eigenvalue weighted by molar-refractivity contribution is 0.166. The van der Waals surface area contributed by atoms with Crippen LogP contribution in [-0.4, -0.2) is 41.3 Å². The third kappa shape index (κ3) is 3.22. The number of fused-ring (bicyclic) bond motifs is 3. The summed E-state index contributed by atoms with van der Waals surface area (Å²) in [5.41, 5.74) is 3.80. The number of hydrogen-bond donors (Lipinski definition) is 1. The second-order valence-electron chi connectivity index (χ2n) is 7.35. The number of halogens is 2. The predicted octanol–water partition coefficient (Wildman–Crippen LogP) is 4.45. The lowest BCUT2D eigenvalue weighted by Gasteiger charge is -2.32. The number of likely N-dealkylation sites (tertiary alicyclic amines) is 1. The summed E-state index contributed by atoms with van der Waals surface area (Å²) in [5.74, 6) is -1.58. The monoisotopic (exact) mass is 345 g/mol. The molecule has 0 bridgehead atoms. The van der Waals surface area contributed by atoms with E-state index in [1.54, 1.807) is 0 Å². The fourth-order valence-electron chi connectivity index (χ4n) is 4.27. The third-order valence-corrected chi connectivity index (χ3v) is 5.71. The molecule has 1 N–H and O–H groups in total. The Morgan fingerprint density at radius 3 is 2.84 bits per heavy atom. The van der Waals surface area contributed by atoms with Crippen molar-refractivity contribution >= 4 is 16.6 Å². The highest BCUT2D eigenvalue weighted by molar-refractivity contribution is 6.06. The number of hydrogen-bond acceptors (Lipinski definition) is 2. The van der Waals surface area contributed by atoms with Gasteiger partial charge in [0.15, 0.2) is 11.6 Å². The first-order valence-electron chi connectivity index (χ1n) is 9.41. The molecule has 1 aromatic heterocycles. The Morgan fingerprint density at radius 1 is 1.16 bits per heavy atom. The molecule has 25 heavy (non-hydrogen) atoms. The van der Waals surface area contributed by atoms with E-state index in [-0.39, 0.29) is 0 Å². The Bertz CT molecular complexity index is 809. The van der Waals surface area contributed by atoms with Gasteiger partial charge in [0.25, 0.3) is 0 Å². The molecule has 1 aliphatic carbocycles. The van der Waals surface area contributed by atoms with E-state index in [2.05, 4.69) is 16.8 Å². The topological polar surface area (TPSA) is 31.4 Å². The second-order valence-corrected chi connectivity index (χ2v) is 7.35. The summed E-state index contributed by atoms with van der Waals surface area (Å²) < 4.78 is 27.1. The van der Waals surface area contributed by atoms with Gasteiger partial charge in [-0.3, -0.25) is 9.89 Å². The van der Waals surface area contributed by atoms with E-state index in [0.717, 1.165) is 54.7 Å². The van der Waals surface area contributed by atoms with Crippen LogP contribution in [0.5, 0.6) is 0 Å². The van der Waals surface area contributed by atoms with Crippen LogP contribution in [0.1, 0.15) is 50.3 Å². The van der Waals surface area contributed by atoms with Crippen LogP contribution in [-0.2, 0) is 6.42 Å². The summed E-state index contributed by atoms with van der Waals surface area (Å²) in [6.07, 6.45) is 6.72. The maximum Gasteiger partial charge on any atom is 0.160 e. The molecule has 3 nitrogen and oxygen atoms in total. The smallest absolute Gasteiger partial charge is 0.160 e. The van der Waals surface area contributed by atoms with Gasteiger partial charge in [0.05, 0.1) is 18.0 Å². The van der Waals surface area contributed by atoms with Gasteiger partial charge in [-0.15, -0.1) is 0 Å². The zero-order valence-electron chi connectivity index (χ0n) is 14.7. The summed E-state index contributed by atoms with van der Waals surface area (Å²) in [5, 5.41) is 0.797. The number of nitrogens with one attached hydrogen (secondary N) is 1. The van der Waals surface area contributed by atoms with Crippen molar-refractivity contribution in [3.8, 4) is 0 Å². The SMILES string of the molecule is CC1CCCCN1CCN=C1CCCc2c1[nH]c1cc(F)c(F)cc21. The molecule has 0 radical (unpaired) electrons. The van der Waals surface area contributed by atoms with E-state index in [9.17, 15) is 8.78 Å². The Balaban J connectivity index is 1.56. The molecule has 1 atom stereocenters. The maximum atomic E-state index is 13.6. The fraction of sp³-hybridized carbons (Fsp3) is 0.550. The van der Waals surface area contributed by atoms with Crippen molar-refractivity contribution in [3.05, 3.63) is 35.0 Å². The van der Waals surface area contributed by atoms with E-state index in [1.165, 1.54) is 37.9 Å². The zero-order chi connectivity index (χ0) is 17.4. The van der Waals surface area contributed by atoms with Crippen molar-refractivity contribution < 1.29 is 8.78 Å². The predicted molar refractivity (Wildman–Crippen MR) is 97.4 cm³/mol. The number of H-pyrrole nitrogens is 1. The van der Waals surface area contributed by atoms with E-state index in [0.29, 0.717) is 11.6 Å². The first-order chi connectivity index (χ1) is 12.1. The first kappa shape index (κ1) is 16.7. The summed E-state index contributed by atoms with van der Waals surface area (Å²) in [6, 6.07) is 3.23. The molecule has 2 heterocycles. The van der Waals surface area contributed by atoms with Gasteiger partial charge in [-0.1, -0.05) is 6.42 Å². The van der Waals surface area contributed by atoms with Crippen molar-refractivity contribution in [1.29, 1.82) is 0 Å². The molecule has 2 aliphatic rings. The van der Waals surface area contributed by atoms with Crippen LogP contribution in [0.4, 0.5) is 8.78 Å². The Morgan fingerprint density at radius 2 is 2.00 bits per heavy atom. The normalized spacial score (nSPS) is 23.3. The van der Waals surface area contributed by atoms with Crippen LogP contribution >= 0.6 is 0 Å². The molecule has 0 amide bonds. The molecule has 0 spiro atoms. The van der Waals surface area contributed by atoms with Gasteiger partial charge < -0.3 is 4.98 Å². The zero-order valence-corrected chi connectivity index (χ0v) is 14.7. The molecule has 5 heteroatoms. The number of aromatic nitrogens is 1. The summed E-state index contributed by atoms with van der Waals surface area (Å²) in [6.45, 7) is 5.24. The minimum absolute atomic E-state index is 0.648. The lowest BCUT2D eigenvalue weighted by Crippen LogP contribution is -2.39. The second kappa shape index (κ2) is 6.87. The summed E-state index contributed by atoms with van der Waals surface area (Å²) in [7, 11) is 0. The molecule has 2 aromatic rings. The van der Waals surface area contributed by atoms with Gasteiger partial charge in [-0.05, 0) is 57.2 Å². The van der Waals surface area contributed by atoms with Crippen LogP contribution in [0.2, 0.25) is 0 Å². The van der Waals surface area contributed by atoms with Crippen LogP contribution in [0, 0.1) is 11.6 Å². The molecule has 4 rings (SSSR count). The lowest BCUT2D eigenvalue weighted by atomic mass is 9.94. The van der Waals surface area contributed by atoms with Gasteiger partial charge in [0.1, 0.15) is 0 Å². The van der Waals surface area contributed by atoms with E-state index in [4.69, 9.17) is 4.99 Å². The van der Waals surface area contributed by atoms with Crippen molar-refractivity contribution in [1.82, 2.24) is 9.88 Å². The number of rotatable bonds is 3. The number of aromatic amines is 1. The van der Waals surface area contributed by atoms with Crippen molar-refractivity contribution in [2.75, 3.05) is 19.6 Å². The highest BCUT2D eigenvalue weighted by Crippen LogP contribution is 2.31. The molecular weight excluding hydrogens is 320 g/mol. The number of nitrogens with zero attached hydrogens (tertiary/aromatic N) is 2. The molecule has 134 valence electrons. The molecule has 1 aliphatic heterocycles. The van der Waals surface area contributed by atoms with Gasteiger partial charge in [0.2, 0.25) is 0 Å². The highest BCUT2D eigenvalue weighted by Gasteiger charge is 2.22.